The van der Waals surface area contributed by atoms with E-state index in [1.165, 1.54) is 0 Å². The monoisotopic (exact) mass is 464 g/mol. The lowest BCUT2D eigenvalue weighted by Gasteiger charge is -2.35. The first-order chi connectivity index (χ1) is 16.1. The van der Waals surface area contributed by atoms with Crippen LogP contribution in [0.2, 0.25) is 5.02 Å². The van der Waals surface area contributed by atoms with Gasteiger partial charge in [-0.2, -0.15) is 0 Å². The number of methoxy groups -OCH3 is 2. The molecule has 33 heavy (non-hydrogen) atoms. The van der Waals surface area contributed by atoms with Gasteiger partial charge in [0.1, 0.15) is 23.0 Å². The minimum atomic E-state index is 0.518. The summed E-state index contributed by atoms with van der Waals surface area (Å²) in [6.07, 6.45) is 7.62. The number of anilines is 1. The zero-order chi connectivity index (χ0) is 22.8. The molecule has 170 valence electrons. The van der Waals surface area contributed by atoms with E-state index >= 15 is 0 Å². The Morgan fingerprint density at radius 2 is 1.73 bits per heavy atom. The number of aromatic nitrogens is 4. The fraction of sp³-hybridized carbons (Fsp3) is 0.292. The lowest BCUT2D eigenvalue weighted by atomic mass is 10.1. The summed E-state index contributed by atoms with van der Waals surface area (Å²) in [5.74, 6) is 2.10. The molecule has 4 aromatic rings. The Labute approximate surface area is 197 Å². The standard InChI is InChI=1S/C24H25ClN6O2/c1-32-21-14-22(33-2)19(25)13-18(21)20-15-31-7-4-17(12-24(31)28-20)30-10-8-29(9-11-30)16-23-26-5-3-6-27-23/h3-7,12-15H,8-11,16H2,1-2H3. The van der Waals surface area contributed by atoms with E-state index in [0.717, 1.165) is 61.1 Å². The highest BCUT2D eigenvalue weighted by Crippen LogP contribution is 2.38. The van der Waals surface area contributed by atoms with E-state index in [9.17, 15) is 0 Å². The first-order valence-corrected chi connectivity index (χ1v) is 11.2. The lowest BCUT2D eigenvalue weighted by molar-refractivity contribution is 0.244. The van der Waals surface area contributed by atoms with Gasteiger partial charge in [0.15, 0.2) is 0 Å². The van der Waals surface area contributed by atoms with Gasteiger partial charge in [0.05, 0.1) is 31.5 Å². The van der Waals surface area contributed by atoms with E-state index in [4.69, 9.17) is 26.1 Å². The highest BCUT2D eigenvalue weighted by molar-refractivity contribution is 6.32. The number of benzene rings is 1. The van der Waals surface area contributed by atoms with Crippen LogP contribution in [0.15, 0.2) is 55.1 Å². The van der Waals surface area contributed by atoms with Crippen LogP contribution in [0.3, 0.4) is 0 Å². The molecule has 9 heteroatoms. The predicted molar refractivity (Wildman–Crippen MR) is 128 cm³/mol. The van der Waals surface area contributed by atoms with Crippen LogP contribution >= 0.6 is 11.6 Å². The quantitative estimate of drug-likeness (QED) is 0.430. The van der Waals surface area contributed by atoms with Gasteiger partial charge in [0.25, 0.3) is 0 Å². The molecule has 1 saturated heterocycles. The van der Waals surface area contributed by atoms with Crippen molar-refractivity contribution in [3.8, 4) is 22.8 Å². The van der Waals surface area contributed by atoms with E-state index in [1.54, 1.807) is 32.7 Å². The Kier molecular flexibility index (Phi) is 6.02. The zero-order valence-electron chi connectivity index (χ0n) is 18.6. The molecule has 4 heterocycles. The lowest BCUT2D eigenvalue weighted by Crippen LogP contribution is -2.46. The highest BCUT2D eigenvalue weighted by Gasteiger charge is 2.19. The van der Waals surface area contributed by atoms with Crippen molar-refractivity contribution in [1.82, 2.24) is 24.3 Å². The van der Waals surface area contributed by atoms with Crippen LogP contribution < -0.4 is 14.4 Å². The summed E-state index contributed by atoms with van der Waals surface area (Å²) in [4.78, 5) is 18.3. The number of ether oxygens (including phenoxy) is 2. The normalized spacial score (nSPS) is 14.6. The van der Waals surface area contributed by atoms with E-state index in [1.807, 2.05) is 28.9 Å². The van der Waals surface area contributed by atoms with Crippen LogP contribution in [0.1, 0.15) is 5.82 Å². The molecular formula is C24H25ClN6O2. The molecule has 0 N–H and O–H groups in total. The van der Waals surface area contributed by atoms with E-state index < -0.39 is 0 Å². The second-order valence-electron chi connectivity index (χ2n) is 7.89. The maximum absolute atomic E-state index is 6.36. The van der Waals surface area contributed by atoms with Crippen molar-refractivity contribution in [1.29, 1.82) is 0 Å². The molecule has 5 rings (SSSR count). The molecule has 0 aliphatic carbocycles. The average Bonchev–Trinajstić information content (AvgIpc) is 3.28. The molecule has 1 aliphatic heterocycles. The average molecular weight is 465 g/mol. The van der Waals surface area contributed by atoms with Gasteiger partial charge >= 0.3 is 0 Å². The first kappa shape index (κ1) is 21.5. The number of nitrogens with zero attached hydrogens (tertiary/aromatic N) is 6. The summed E-state index contributed by atoms with van der Waals surface area (Å²) in [6, 6.07) is 9.71. The Bertz CT molecular complexity index is 1250. The van der Waals surface area contributed by atoms with Crippen molar-refractivity contribution in [3.63, 3.8) is 0 Å². The van der Waals surface area contributed by atoms with Gasteiger partial charge in [0.2, 0.25) is 0 Å². The largest absolute Gasteiger partial charge is 0.496 e. The predicted octanol–water partition coefficient (Wildman–Crippen LogP) is 3.78. The van der Waals surface area contributed by atoms with Crippen molar-refractivity contribution >= 4 is 22.9 Å². The fourth-order valence-corrected chi connectivity index (χ4v) is 4.37. The molecule has 0 unspecified atom stereocenters. The molecule has 3 aromatic heterocycles. The minimum absolute atomic E-state index is 0.518. The zero-order valence-corrected chi connectivity index (χ0v) is 19.4. The second kappa shape index (κ2) is 9.25. The number of rotatable bonds is 6. The second-order valence-corrected chi connectivity index (χ2v) is 8.30. The number of imidazole rings is 1. The van der Waals surface area contributed by atoms with E-state index in [-0.39, 0.29) is 0 Å². The number of hydrogen-bond acceptors (Lipinski definition) is 7. The Morgan fingerprint density at radius 3 is 2.45 bits per heavy atom. The van der Waals surface area contributed by atoms with Crippen molar-refractivity contribution in [2.45, 2.75) is 6.54 Å². The summed E-state index contributed by atoms with van der Waals surface area (Å²) in [5.41, 5.74) is 3.65. The Morgan fingerprint density at radius 1 is 0.970 bits per heavy atom. The van der Waals surface area contributed by atoms with Gasteiger partial charge in [0, 0.05) is 74.3 Å². The molecule has 1 aromatic carbocycles. The first-order valence-electron chi connectivity index (χ1n) is 10.8. The van der Waals surface area contributed by atoms with Crippen molar-refractivity contribution in [2.75, 3.05) is 45.3 Å². The van der Waals surface area contributed by atoms with Crippen molar-refractivity contribution in [3.05, 3.63) is 66.0 Å². The summed E-state index contributed by atoms with van der Waals surface area (Å²) in [7, 11) is 3.21. The maximum atomic E-state index is 6.36. The summed E-state index contributed by atoms with van der Waals surface area (Å²) >= 11 is 6.36. The van der Waals surface area contributed by atoms with Crippen LogP contribution in [-0.2, 0) is 6.54 Å². The van der Waals surface area contributed by atoms with Gasteiger partial charge < -0.3 is 18.8 Å². The molecule has 1 fully saturated rings. The van der Waals surface area contributed by atoms with Crippen molar-refractivity contribution < 1.29 is 9.47 Å². The van der Waals surface area contributed by atoms with E-state index in [2.05, 4.69) is 31.9 Å². The highest BCUT2D eigenvalue weighted by atomic mass is 35.5. The summed E-state index contributed by atoms with van der Waals surface area (Å²) in [6.45, 7) is 4.59. The fourth-order valence-electron chi connectivity index (χ4n) is 4.13. The number of hydrogen-bond donors (Lipinski definition) is 0. The molecular weight excluding hydrogens is 440 g/mol. The van der Waals surface area contributed by atoms with E-state index in [0.29, 0.717) is 16.5 Å². The molecule has 0 spiro atoms. The number of halogens is 1. The van der Waals surface area contributed by atoms with Gasteiger partial charge in [-0.05, 0) is 18.2 Å². The maximum Gasteiger partial charge on any atom is 0.142 e. The van der Waals surface area contributed by atoms with Crippen LogP contribution in [-0.4, -0.2) is 64.7 Å². The van der Waals surface area contributed by atoms with Gasteiger partial charge in [-0.1, -0.05) is 11.6 Å². The molecule has 0 saturated carbocycles. The molecule has 0 atom stereocenters. The summed E-state index contributed by atoms with van der Waals surface area (Å²) < 4.78 is 12.9. The van der Waals surface area contributed by atoms with Gasteiger partial charge in [-0.15, -0.1) is 0 Å². The van der Waals surface area contributed by atoms with Crippen molar-refractivity contribution in [2.24, 2.45) is 0 Å². The third kappa shape index (κ3) is 4.44. The van der Waals surface area contributed by atoms with Crippen LogP contribution in [0.25, 0.3) is 16.9 Å². The smallest absolute Gasteiger partial charge is 0.142 e. The minimum Gasteiger partial charge on any atom is -0.496 e. The van der Waals surface area contributed by atoms with Gasteiger partial charge in [-0.3, -0.25) is 4.90 Å². The molecule has 0 bridgehead atoms. The van der Waals surface area contributed by atoms with Crippen LogP contribution in [0.5, 0.6) is 11.5 Å². The number of fused-ring (bicyclic) bond motifs is 1. The topological polar surface area (TPSA) is 68.0 Å². The number of pyridine rings is 1. The third-order valence-corrected chi connectivity index (χ3v) is 6.21. The Hall–Kier alpha value is -3.36. The molecule has 1 aliphatic rings. The van der Waals surface area contributed by atoms with Crippen LogP contribution in [0.4, 0.5) is 5.69 Å². The third-order valence-electron chi connectivity index (χ3n) is 5.92. The molecule has 0 amide bonds. The molecule has 8 nitrogen and oxygen atoms in total. The number of piperazine rings is 1. The Balaban J connectivity index is 1.34. The SMILES string of the molecule is COc1cc(OC)c(-c2cn3ccc(N4CCN(Cc5ncccn5)CC4)cc3n2)cc1Cl. The van der Waals surface area contributed by atoms with Gasteiger partial charge in [-0.25, -0.2) is 15.0 Å². The van der Waals surface area contributed by atoms with Crippen LogP contribution in [0, 0.1) is 0 Å². The molecule has 0 radical (unpaired) electrons. The summed E-state index contributed by atoms with van der Waals surface area (Å²) in [5, 5.41) is 0.518.